The molecule has 0 saturated heterocycles. The van der Waals surface area contributed by atoms with Gasteiger partial charge in [-0.1, -0.05) is 109 Å². The molecule has 166 valence electrons. The topological polar surface area (TPSA) is 0 Å². The number of thioether (sulfide) groups is 2. The summed E-state index contributed by atoms with van der Waals surface area (Å²) in [6.07, 6.45) is 1.64. The maximum Gasteiger partial charge on any atom is 0.0530 e. The van der Waals surface area contributed by atoms with E-state index in [1.807, 2.05) is 12.1 Å². The van der Waals surface area contributed by atoms with Gasteiger partial charge in [0.05, 0.1) is 8.39 Å². The van der Waals surface area contributed by atoms with Crippen LogP contribution in [-0.4, -0.2) is 8.39 Å². The second kappa shape index (κ2) is 11.1. The first kappa shape index (κ1) is 25.2. The fourth-order valence-electron chi connectivity index (χ4n) is 3.55. The van der Waals surface area contributed by atoms with Gasteiger partial charge in [-0.3, -0.25) is 0 Å². The largest absolute Gasteiger partial charge is 0.108 e. The molecule has 0 aliphatic heterocycles. The predicted octanol–water partition coefficient (Wildman–Crippen LogP) is 8.76. The first-order chi connectivity index (χ1) is 15.2. The molecule has 0 fully saturated rings. The highest BCUT2D eigenvalue weighted by Crippen LogP contribution is 2.42. The number of hydrogen-bond donors (Lipinski definition) is 0. The minimum atomic E-state index is -0.104. The molecule has 0 aliphatic rings. The van der Waals surface area contributed by atoms with Gasteiger partial charge in [0.25, 0.3) is 0 Å². The molecule has 3 aromatic rings. The molecule has 0 bridgehead atoms. The van der Waals surface area contributed by atoms with Crippen molar-refractivity contribution in [1.29, 1.82) is 0 Å². The van der Waals surface area contributed by atoms with Crippen LogP contribution in [0.3, 0.4) is 0 Å². The standard InChI is InChI=1S/C28H30S4/c1-27(2,31-25(29)18-21-12-7-5-8-13-21)23-16-11-17-24(20-23)28(3,4)32-26(30)19-22-14-9-6-10-15-22/h5-17,20H,18-19H2,1-4H3. The summed E-state index contributed by atoms with van der Waals surface area (Å²) in [4.78, 5) is 0. The normalized spacial score (nSPS) is 11.9. The van der Waals surface area contributed by atoms with E-state index in [4.69, 9.17) is 24.4 Å². The molecular formula is C28H30S4. The molecule has 0 nitrogen and oxygen atoms in total. The summed E-state index contributed by atoms with van der Waals surface area (Å²) in [6, 6.07) is 29.8. The lowest BCUT2D eigenvalue weighted by Crippen LogP contribution is -2.19. The zero-order valence-corrected chi connectivity index (χ0v) is 22.4. The fourth-order valence-corrected chi connectivity index (χ4v) is 7.24. The molecule has 0 aromatic heterocycles. The Balaban J connectivity index is 1.69. The van der Waals surface area contributed by atoms with Gasteiger partial charge in [-0.15, -0.1) is 23.5 Å². The highest BCUT2D eigenvalue weighted by atomic mass is 32.2. The van der Waals surface area contributed by atoms with Crippen molar-refractivity contribution in [1.82, 2.24) is 0 Å². The summed E-state index contributed by atoms with van der Waals surface area (Å²) in [5, 5.41) is 0. The van der Waals surface area contributed by atoms with Crippen LogP contribution in [0.25, 0.3) is 0 Å². The summed E-state index contributed by atoms with van der Waals surface area (Å²) in [5.74, 6) is 0. The van der Waals surface area contributed by atoms with Crippen LogP contribution in [0.5, 0.6) is 0 Å². The molecule has 0 amide bonds. The number of hydrogen-bond acceptors (Lipinski definition) is 4. The Kier molecular flexibility index (Phi) is 8.74. The summed E-state index contributed by atoms with van der Waals surface area (Å²) in [6.45, 7) is 9.03. The predicted molar refractivity (Wildman–Crippen MR) is 153 cm³/mol. The fraction of sp³-hybridized carbons (Fsp3) is 0.286. The molecule has 3 rings (SSSR count). The van der Waals surface area contributed by atoms with Crippen molar-refractivity contribution in [3.63, 3.8) is 0 Å². The van der Waals surface area contributed by atoms with E-state index < -0.39 is 0 Å². The maximum absolute atomic E-state index is 5.75. The zero-order valence-electron chi connectivity index (χ0n) is 19.1. The second-order valence-electron chi connectivity index (χ2n) is 8.87. The van der Waals surface area contributed by atoms with E-state index in [1.165, 1.54) is 22.3 Å². The van der Waals surface area contributed by atoms with Gasteiger partial charge >= 0.3 is 0 Å². The number of benzene rings is 3. The van der Waals surface area contributed by atoms with Gasteiger partial charge in [0.15, 0.2) is 0 Å². The Morgan fingerprint density at radius 2 is 0.969 bits per heavy atom. The molecule has 0 saturated carbocycles. The smallest absolute Gasteiger partial charge is 0.0530 e. The third kappa shape index (κ3) is 7.28. The van der Waals surface area contributed by atoms with Crippen LogP contribution in [0.4, 0.5) is 0 Å². The summed E-state index contributed by atoms with van der Waals surface area (Å²) in [5.41, 5.74) is 5.11. The zero-order chi connectivity index (χ0) is 23.2. The monoisotopic (exact) mass is 494 g/mol. The van der Waals surface area contributed by atoms with Gasteiger partial charge in [-0.05, 0) is 49.9 Å². The van der Waals surface area contributed by atoms with Crippen LogP contribution in [0.15, 0.2) is 84.9 Å². The van der Waals surface area contributed by atoms with Gasteiger partial charge < -0.3 is 0 Å². The lowest BCUT2D eigenvalue weighted by atomic mass is 9.95. The van der Waals surface area contributed by atoms with Crippen molar-refractivity contribution >= 4 is 56.4 Å². The van der Waals surface area contributed by atoms with Crippen LogP contribution < -0.4 is 0 Å². The molecule has 0 atom stereocenters. The van der Waals surface area contributed by atoms with E-state index in [2.05, 4.69) is 100 Å². The van der Waals surface area contributed by atoms with E-state index in [0.29, 0.717) is 0 Å². The molecular weight excluding hydrogens is 465 g/mol. The number of thiocarbonyl (C=S) groups is 2. The van der Waals surface area contributed by atoms with Crippen molar-refractivity contribution in [3.8, 4) is 0 Å². The quantitative estimate of drug-likeness (QED) is 0.287. The first-order valence-electron chi connectivity index (χ1n) is 10.8. The molecule has 0 spiro atoms. The number of rotatable bonds is 8. The van der Waals surface area contributed by atoms with E-state index in [0.717, 1.165) is 21.2 Å². The molecule has 4 heteroatoms. The van der Waals surface area contributed by atoms with E-state index >= 15 is 0 Å². The first-order valence-corrected chi connectivity index (χ1v) is 13.2. The molecule has 3 aromatic carbocycles. The Bertz CT molecular complexity index is 970. The van der Waals surface area contributed by atoms with Crippen LogP contribution in [0.2, 0.25) is 0 Å². The highest BCUT2D eigenvalue weighted by molar-refractivity contribution is 8.24. The van der Waals surface area contributed by atoms with Gasteiger partial charge in [0.1, 0.15) is 0 Å². The second-order valence-corrected chi connectivity index (χ2v) is 13.8. The van der Waals surface area contributed by atoms with Crippen molar-refractivity contribution in [2.24, 2.45) is 0 Å². The Morgan fingerprint density at radius 3 is 1.34 bits per heavy atom. The highest BCUT2D eigenvalue weighted by Gasteiger charge is 2.28. The molecule has 0 N–H and O–H groups in total. The van der Waals surface area contributed by atoms with Gasteiger partial charge in [-0.2, -0.15) is 0 Å². The molecule has 0 aliphatic carbocycles. The van der Waals surface area contributed by atoms with Gasteiger partial charge in [0, 0.05) is 22.3 Å². The molecule has 0 unspecified atom stereocenters. The van der Waals surface area contributed by atoms with Crippen molar-refractivity contribution in [2.45, 2.75) is 50.0 Å². The van der Waals surface area contributed by atoms with Crippen molar-refractivity contribution in [3.05, 3.63) is 107 Å². The van der Waals surface area contributed by atoms with Crippen LogP contribution in [0, 0.1) is 0 Å². The summed E-state index contributed by atoms with van der Waals surface area (Å²) in [7, 11) is 0. The van der Waals surface area contributed by atoms with E-state index in [1.54, 1.807) is 23.5 Å². The summed E-state index contributed by atoms with van der Waals surface area (Å²) < 4.78 is 1.83. The Morgan fingerprint density at radius 1 is 0.594 bits per heavy atom. The lowest BCUT2D eigenvalue weighted by molar-refractivity contribution is 0.758. The molecule has 0 heterocycles. The third-order valence-electron chi connectivity index (χ3n) is 5.37. The van der Waals surface area contributed by atoms with Crippen molar-refractivity contribution in [2.75, 3.05) is 0 Å². The lowest BCUT2D eigenvalue weighted by Gasteiger charge is -2.29. The summed E-state index contributed by atoms with van der Waals surface area (Å²) >= 11 is 15.1. The Labute approximate surface area is 212 Å². The average Bonchev–Trinajstić information content (AvgIpc) is 2.74. The van der Waals surface area contributed by atoms with Crippen LogP contribution in [-0.2, 0) is 22.3 Å². The van der Waals surface area contributed by atoms with Gasteiger partial charge in [-0.25, -0.2) is 0 Å². The Hall–Kier alpha value is -1.46. The molecule has 0 radical (unpaired) electrons. The van der Waals surface area contributed by atoms with Crippen LogP contribution in [0.1, 0.15) is 49.9 Å². The SMILES string of the molecule is CC(C)(SC(=S)Cc1ccccc1)c1cccc(C(C)(C)SC(=S)Cc2ccccc2)c1. The average molecular weight is 495 g/mol. The third-order valence-corrected chi connectivity index (χ3v) is 8.40. The maximum atomic E-state index is 5.75. The minimum Gasteiger partial charge on any atom is -0.108 e. The van der Waals surface area contributed by atoms with Crippen molar-refractivity contribution < 1.29 is 0 Å². The minimum absolute atomic E-state index is 0.104. The van der Waals surface area contributed by atoms with E-state index in [9.17, 15) is 0 Å². The van der Waals surface area contributed by atoms with Crippen LogP contribution >= 0.6 is 48.0 Å². The molecule has 32 heavy (non-hydrogen) atoms. The van der Waals surface area contributed by atoms with E-state index in [-0.39, 0.29) is 9.49 Å². The van der Waals surface area contributed by atoms with Gasteiger partial charge in [0.2, 0.25) is 0 Å².